The van der Waals surface area contributed by atoms with Crippen molar-refractivity contribution in [3.8, 4) is 0 Å². The maximum atomic E-state index is 12.2. The molecule has 0 saturated carbocycles. The van der Waals surface area contributed by atoms with Crippen LogP contribution in [0.5, 0.6) is 0 Å². The normalized spacial score (nSPS) is 15.4. The van der Waals surface area contributed by atoms with E-state index in [1.807, 2.05) is 0 Å². The third-order valence-corrected chi connectivity index (χ3v) is 2.20. The molecule has 0 saturated heterocycles. The van der Waals surface area contributed by atoms with E-state index in [9.17, 15) is 23.1 Å². The second-order valence-corrected chi connectivity index (χ2v) is 3.43. The first kappa shape index (κ1) is 13.5. The Bertz CT molecular complexity index is 402. The maximum absolute atomic E-state index is 12.2. The summed E-state index contributed by atoms with van der Waals surface area (Å²) in [6.07, 6.45) is -6.02. The van der Waals surface area contributed by atoms with Crippen molar-refractivity contribution in [1.82, 2.24) is 0 Å². The summed E-state index contributed by atoms with van der Waals surface area (Å²) in [5, 5.41) is 18.0. The molecule has 0 radical (unpaired) electrons. The van der Waals surface area contributed by atoms with Crippen LogP contribution in [0.25, 0.3) is 0 Å². The standard InChI is InChI=1S/C10H10F3NO3/c11-10(12,13)6-3-1-5(2-4-6)8(15)7(14)9(16)17/h1-4,7-8,15H,14H2,(H,16,17). The third kappa shape index (κ3) is 3.18. The van der Waals surface area contributed by atoms with E-state index in [-0.39, 0.29) is 5.56 Å². The molecule has 0 spiro atoms. The van der Waals surface area contributed by atoms with Crippen LogP contribution in [-0.4, -0.2) is 22.2 Å². The highest BCUT2D eigenvalue weighted by Crippen LogP contribution is 2.30. The fourth-order valence-electron chi connectivity index (χ4n) is 1.21. The van der Waals surface area contributed by atoms with Crippen molar-refractivity contribution < 1.29 is 28.2 Å². The highest BCUT2D eigenvalue weighted by atomic mass is 19.4. The minimum Gasteiger partial charge on any atom is -0.480 e. The van der Waals surface area contributed by atoms with Gasteiger partial charge in [-0.15, -0.1) is 0 Å². The SMILES string of the molecule is NC(C(=O)O)C(O)c1ccc(C(F)(F)F)cc1. The van der Waals surface area contributed by atoms with Gasteiger partial charge >= 0.3 is 12.1 Å². The number of carboxylic acids is 1. The Balaban J connectivity index is 2.92. The number of carboxylic acid groups (broad SMARTS) is 1. The summed E-state index contributed by atoms with van der Waals surface area (Å²) >= 11 is 0. The molecule has 0 aliphatic heterocycles. The van der Waals surface area contributed by atoms with Crippen molar-refractivity contribution >= 4 is 5.97 Å². The van der Waals surface area contributed by atoms with E-state index in [1.165, 1.54) is 0 Å². The number of nitrogens with two attached hydrogens (primary N) is 1. The smallest absolute Gasteiger partial charge is 0.416 e. The molecule has 2 unspecified atom stereocenters. The van der Waals surface area contributed by atoms with E-state index in [0.717, 1.165) is 24.3 Å². The van der Waals surface area contributed by atoms with Gasteiger partial charge in [0.25, 0.3) is 0 Å². The average molecular weight is 249 g/mol. The molecule has 7 heteroatoms. The van der Waals surface area contributed by atoms with Gasteiger partial charge in [0.2, 0.25) is 0 Å². The molecular weight excluding hydrogens is 239 g/mol. The van der Waals surface area contributed by atoms with Gasteiger partial charge in [0, 0.05) is 0 Å². The average Bonchev–Trinajstić information content (AvgIpc) is 2.26. The van der Waals surface area contributed by atoms with Crippen molar-refractivity contribution in [3.05, 3.63) is 35.4 Å². The quantitative estimate of drug-likeness (QED) is 0.750. The monoisotopic (exact) mass is 249 g/mol. The lowest BCUT2D eigenvalue weighted by Gasteiger charge is -2.16. The zero-order valence-electron chi connectivity index (χ0n) is 8.48. The Morgan fingerprint density at radius 1 is 1.24 bits per heavy atom. The highest BCUT2D eigenvalue weighted by Gasteiger charge is 2.31. The number of benzene rings is 1. The fraction of sp³-hybridized carbons (Fsp3) is 0.300. The summed E-state index contributed by atoms with van der Waals surface area (Å²) < 4.78 is 36.7. The predicted octanol–water partition coefficient (Wildman–Crippen LogP) is 1.15. The number of halogens is 3. The molecule has 0 heterocycles. The molecule has 17 heavy (non-hydrogen) atoms. The first-order valence-corrected chi connectivity index (χ1v) is 4.57. The van der Waals surface area contributed by atoms with E-state index in [1.54, 1.807) is 0 Å². The number of aliphatic hydroxyl groups is 1. The van der Waals surface area contributed by atoms with Crippen LogP contribution in [0.3, 0.4) is 0 Å². The van der Waals surface area contributed by atoms with Crippen molar-refractivity contribution in [2.45, 2.75) is 18.3 Å². The van der Waals surface area contributed by atoms with Gasteiger partial charge in [0.05, 0.1) is 5.56 Å². The Kier molecular flexibility index (Phi) is 3.74. The van der Waals surface area contributed by atoms with Crippen LogP contribution in [0, 0.1) is 0 Å². The summed E-state index contributed by atoms with van der Waals surface area (Å²) in [5.41, 5.74) is 4.29. The van der Waals surface area contributed by atoms with Crippen LogP contribution in [0.1, 0.15) is 17.2 Å². The first-order chi connectivity index (χ1) is 7.73. The summed E-state index contributed by atoms with van der Waals surface area (Å²) in [6, 6.07) is 1.93. The molecule has 4 N–H and O–H groups in total. The van der Waals surface area contributed by atoms with Crippen molar-refractivity contribution in [2.75, 3.05) is 0 Å². The molecular formula is C10H10F3NO3. The van der Waals surface area contributed by atoms with Gasteiger partial charge < -0.3 is 15.9 Å². The van der Waals surface area contributed by atoms with Crippen molar-refractivity contribution in [2.24, 2.45) is 5.73 Å². The van der Waals surface area contributed by atoms with Gasteiger partial charge in [-0.3, -0.25) is 4.79 Å². The molecule has 0 aromatic heterocycles. The molecule has 0 amide bonds. The summed E-state index contributed by atoms with van der Waals surface area (Å²) in [5.74, 6) is -1.43. The number of carbonyl (C=O) groups is 1. The Labute approximate surface area is 94.5 Å². The maximum Gasteiger partial charge on any atom is 0.416 e. The number of hydrogen-bond donors (Lipinski definition) is 3. The lowest BCUT2D eigenvalue weighted by molar-refractivity contribution is -0.141. The van der Waals surface area contributed by atoms with Gasteiger partial charge in [0.15, 0.2) is 0 Å². The minimum atomic E-state index is -4.47. The Morgan fingerprint density at radius 2 is 1.71 bits per heavy atom. The number of hydrogen-bond acceptors (Lipinski definition) is 3. The molecule has 0 aliphatic carbocycles. The second-order valence-electron chi connectivity index (χ2n) is 3.43. The van der Waals surface area contributed by atoms with Gasteiger partial charge in [-0.05, 0) is 17.7 Å². The minimum absolute atomic E-state index is 0.0212. The predicted molar refractivity (Wildman–Crippen MR) is 52.0 cm³/mol. The molecule has 1 aromatic rings. The fourth-order valence-corrected chi connectivity index (χ4v) is 1.21. The molecule has 94 valence electrons. The van der Waals surface area contributed by atoms with Crippen LogP contribution >= 0.6 is 0 Å². The molecule has 4 nitrogen and oxygen atoms in total. The highest BCUT2D eigenvalue weighted by molar-refractivity contribution is 5.74. The van der Waals surface area contributed by atoms with Crippen LogP contribution in [0.2, 0.25) is 0 Å². The summed E-state index contributed by atoms with van der Waals surface area (Å²) in [6.45, 7) is 0. The Hall–Kier alpha value is -1.60. The van der Waals surface area contributed by atoms with Gasteiger partial charge in [0.1, 0.15) is 12.1 Å². The van der Waals surface area contributed by atoms with Crippen LogP contribution in [0.15, 0.2) is 24.3 Å². The van der Waals surface area contributed by atoms with Gasteiger partial charge in [-0.25, -0.2) is 0 Å². The second kappa shape index (κ2) is 4.72. The Morgan fingerprint density at radius 3 is 2.06 bits per heavy atom. The zero-order chi connectivity index (χ0) is 13.2. The molecule has 1 rings (SSSR count). The van der Waals surface area contributed by atoms with E-state index in [4.69, 9.17) is 10.8 Å². The van der Waals surface area contributed by atoms with E-state index >= 15 is 0 Å². The summed E-state index contributed by atoms with van der Waals surface area (Å²) in [7, 11) is 0. The molecule has 1 aromatic carbocycles. The van der Waals surface area contributed by atoms with Gasteiger partial charge in [-0.2, -0.15) is 13.2 Å². The molecule has 2 atom stereocenters. The first-order valence-electron chi connectivity index (χ1n) is 4.57. The van der Waals surface area contributed by atoms with Crippen LogP contribution < -0.4 is 5.73 Å². The number of aliphatic hydroxyl groups excluding tert-OH is 1. The topological polar surface area (TPSA) is 83.6 Å². The van der Waals surface area contributed by atoms with E-state index in [0.29, 0.717) is 0 Å². The van der Waals surface area contributed by atoms with Crippen molar-refractivity contribution in [1.29, 1.82) is 0 Å². The zero-order valence-corrected chi connectivity index (χ0v) is 8.48. The largest absolute Gasteiger partial charge is 0.480 e. The third-order valence-electron chi connectivity index (χ3n) is 2.20. The van der Waals surface area contributed by atoms with Crippen LogP contribution in [0.4, 0.5) is 13.2 Å². The lowest BCUT2D eigenvalue weighted by atomic mass is 10.0. The number of aliphatic carboxylic acids is 1. The van der Waals surface area contributed by atoms with Crippen molar-refractivity contribution in [3.63, 3.8) is 0 Å². The molecule has 0 aliphatic rings. The van der Waals surface area contributed by atoms with E-state index in [2.05, 4.69) is 0 Å². The molecule has 0 fully saturated rings. The lowest BCUT2D eigenvalue weighted by Crippen LogP contribution is -2.36. The van der Waals surface area contributed by atoms with E-state index < -0.39 is 29.9 Å². The number of alkyl halides is 3. The number of rotatable bonds is 3. The molecule has 0 bridgehead atoms. The summed E-state index contributed by atoms with van der Waals surface area (Å²) in [4.78, 5) is 10.5. The van der Waals surface area contributed by atoms with Crippen LogP contribution in [-0.2, 0) is 11.0 Å². The van der Waals surface area contributed by atoms with Gasteiger partial charge in [-0.1, -0.05) is 12.1 Å².